The predicted molar refractivity (Wildman–Crippen MR) is 184 cm³/mol. The molecule has 3 aromatic rings. The maximum absolute atomic E-state index is 15.3. The first-order valence-electron chi connectivity index (χ1n) is 18.0. The van der Waals surface area contributed by atoms with Crippen LogP contribution in [0.2, 0.25) is 0 Å². The van der Waals surface area contributed by atoms with Gasteiger partial charge in [-0.2, -0.15) is 0 Å². The van der Waals surface area contributed by atoms with Crippen molar-refractivity contribution >= 4 is 38.8 Å². The molecule has 2 saturated heterocycles. The van der Waals surface area contributed by atoms with Crippen molar-refractivity contribution in [2.24, 2.45) is 5.92 Å². The number of ether oxygens (including phenoxy) is 1. The fourth-order valence-corrected chi connectivity index (χ4v) is 8.77. The number of hydrogen-bond donors (Lipinski definition) is 4. The van der Waals surface area contributed by atoms with E-state index in [1.54, 1.807) is 32.0 Å². The zero-order valence-corrected chi connectivity index (χ0v) is 30.2. The summed E-state index contributed by atoms with van der Waals surface area (Å²) in [6.45, 7) is 3.26. The number of halogens is 2. The van der Waals surface area contributed by atoms with Crippen LogP contribution in [0, 0.1) is 19.8 Å². The van der Waals surface area contributed by atoms with Crippen LogP contribution in [0.25, 0.3) is 11.0 Å². The van der Waals surface area contributed by atoms with Gasteiger partial charge in [-0.05, 0) is 64.0 Å². The summed E-state index contributed by atoms with van der Waals surface area (Å²) in [5.41, 5.74) is -0.0970. The predicted octanol–water partition coefficient (Wildman–Crippen LogP) is 2.71. The zero-order valence-electron chi connectivity index (χ0n) is 29.4. The molecule has 2 saturated carbocycles. The summed E-state index contributed by atoms with van der Waals surface area (Å²) in [5, 5.41) is 19.6. The largest absolute Gasteiger partial charge is 0.471 e. The Kier molecular flexibility index (Phi) is 9.90. The SMILES string of the molecule is Cc1cc(C(O)N[C@H]2CCCCCC(F)(F)C[C@@H]3C[C@@]3(C(=O)NS(=O)(=O)C3CC3)NC(=O)[C@@H]3C[C@@H](Oc4nc5ccccc5nc4C)CN3C2=O)no1. The first-order valence-corrected chi connectivity index (χ1v) is 19.5. The number of para-hydroxylation sites is 2. The molecule has 7 rings (SSSR count). The lowest BCUT2D eigenvalue weighted by Gasteiger charge is -2.30. The van der Waals surface area contributed by atoms with Crippen molar-refractivity contribution in [1.82, 2.24) is 35.4 Å². The maximum Gasteiger partial charge on any atom is 0.259 e. The number of fused-ring (bicyclic) bond motifs is 3. The molecule has 4 N–H and O–H groups in total. The summed E-state index contributed by atoms with van der Waals surface area (Å²) in [6, 6.07) is 6.36. The number of carbonyl (C=O) groups is 3. The average molecular weight is 760 g/mol. The van der Waals surface area contributed by atoms with Crippen molar-refractivity contribution in [3.8, 4) is 5.88 Å². The third-order valence-corrected chi connectivity index (χ3v) is 12.4. The molecule has 6 atom stereocenters. The highest BCUT2D eigenvalue weighted by molar-refractivity contribution is 7.91. The molecule has 286 valence electrons. The van der Waals surface area contributed by atoms with Crippen LogP contribution in [0.4, 0.5) is 8.78 Å². The van der Waals surface area contributed by atoms with Crippen molar-refractivity contribution in [2.45, 2.75) is 119 Å². The summed E-state index contributed by atoms with van der Waals surface area (Å²) >= 11 is 0. The Hall–Kier alpha value is -4.29. The van der Waals surface area contributed by atoms with Crippen LogP contribution in [0.3, 0.4) is 0 Å². The van der Waals surface area contributed by atoms with Gasteiger partial charge in [-0.25, -0.2) is 27.2 Å². The molecule has 18 heteroatoms. The van der Waals surface area contributed by atoms with Gasteiger partial charge in [-0.15, -0.1) is 0 Å². The number of hydrogen-bond acceptors (Lipinski definition) is 12. The lowest BCUT2D eigenvalue weighted by Crippen LogP contribution is -2.58. The Morgan fingerprint density at radius 3 is 2.53 bits per heavy atom. The van der Waals surface area contributed by atoms with Gasteiger partial charge < -0.3 is 24.6 Å². The fraction of sp³-hybridized carbons (Fsp3) is 0.600. The van der Waals surface area contributed by atoms with Gasteiger partial charge >= 0.3 is 0 Å². The van der Waals surface area contributed by atoms with Gasteiger partial charge in [0.15, 0.2) is 6.23 Å². The summed E-state index contributed by atoms with van der Waals surface area (Å²) in [7, 11) is -4.07. The molecule has 0 radical (unpaired) electrons. The number of sulfonamides is 1. The second-order valence-corrected chi connectivity index (χ2v) is 16.7. The molecule has 15 nitrogen and oxygen atoms in total. The van der Waals surface area contributed by atoms with Crippen molar-refractivity contribution in [1.29, 1.82) is 0 Å². The smallest absolute Gasteiger partial charge is 0.259 e. The molecule has 4 fully saturated rings. The summed E-state index contributed by atoms with van der Waals surface area (Å²) in [5.74, 6) is -6.07. The summed E-state index contributed by atoms with van der Waals surface area (Å²) < 4.78 is 69.6. The van der Waals surface area contributed by atoms with E-state index in [1.807, 2.05) is 10.8 Å². The van der Waals surface area contributed by atoms with E-state index < -0.39 is 87.6 Å². The van der Waals surface area contributed by atoms with E-state index in [4.69, 9.17) is 9.26 Å². The van der Waals surface area contributed by atoms with Crippen LogP contribution in [-0.2, 0) is 24.4 Å². The minimum Gasteiger partial charge on any atom is -0.471 e. The molecule has 4 heterocycles. The van der Waals surface area contributed by atoms with Gasteiger partial charge in [0.2, 0.25) is 33.6 Å². The van der Waals surface area contributed by atoms with Gasteiger partial charge in [0, 0.05) is 25.3 Å². The van der Waals surface area contributed by atoms with Crippen LogP contribution in [0.15, 0.2) is 34.9 Å². The van der Waals surface area contributed by atoms with Gasteiger partial charge in [0.25, 0.3) is 5.91 Å². The molecule has 0 bridgehead atoms. The molecular weight excluding hydrogens is 716 g/mol. The highest BCUT2D eigenvalue weighted by Gasteiger charge is 2.65. The summed E-state index contributed by atoms with van der Waals surface area (Å²) in [4.78, 5) is 52.9. The molecule has 2 aliphatic carbocycles. The zero-order chi connectivity index (χ0) is 37.7. The van der Waals surface area contributed by atoms with Crippen LogP contribution < -0.4 is 20.1 Å². The Morgan fingerprint density at radius 2 is 1.83 bits per heavy atom. The molecule has 1 aromatic carbocycles. The maximum atomic E-state index is 15.3. The number of aliphatic hydroxyl groups is 1. The molecule has 3 amide bonds. The van der Waals surface area contributed by atoms with Crippen LogP contribution >= 0.6 is 0 Å². The van der Waals surface area contributed by atoms with Crippen LogP contribution in [0.1, 0.15) is 87.6 Å². The topological polar surface area (TPSA) is 206 Å². The second kappa shape index (κ2) is 14.2. The molecular formula is C35H43F2N7O8S. The molecule has 0 spiro atoms. The van der Waals surface area contributed by atoms with Crippen molar-refractivity contribution < 1.29 is 45.9 Å². The van der Waals surface area contributed by atoms with E-state index in [0.717, 1.165) is 0 Å². The molecule has 4 aliphatic rings. The third kappa shape index (κ3) is 7.99. The number of alkyl halides is 2. The van der Waals surface area contributed by atoms with E-state index in [0.29, 0.717) is 48.2 Å². The Balaban J connectivity index is 1.20. The monoisotopic (exact) mass is 759 g/mol. The second-order valence-electron chi connectivity index (χ2n) is 14.8. The fourth-order valence-electron chi connectivity index (χ4n) is 7.41. The van der Waals surface area contributed by atoms with E-state index >= 15 is 8.78 Å². The third-order valence-electron chi connectivity index (χ3n) is 10.5. The van der Waals surface area contributed by atoms with E-state index in [1.165, 1.54) is 11.0 Å². The number of amides is 3. The van der Waals surface area contributed by atoms with Crippen molar-refractivity contribution in [3.05, 3.63) is 47.5 Å². The van der Waals surface area contributed by atoms with Crippen LogP contribution in [-0.4, -0.2) is 92.7 Å². The lowest BCUT2D eigenvalue weighted by molar-refractivity contribution is -0.142. The highest BCUT2D eigenvalue weighted by Crippen LogP contribution is 2.51. The van der Waals surface area contributed by atoms with E-state index in [-0.39, 0.29) is 43.8 Å². The van der Waals surface area contributed by atoms with Gasteiger partial charge in [-0.1, -0.05) is 30.1 Å². The molecule has 1 unspecified atom stereocenters. The van der Waals surface area contributed by atoms with E-state index in [2.05, 4.69) is 25.8 Å². The van der Waals surface area contributed by atoms with Gasteiger partial charge in [0.05, 0.1) is 28.9 Å². The van der Waals surface area contributed by atoms with Crippen molar-refractivity contribution in [2.75, 3.05) is 6.54 Å². The lowest BCUT2D eigenvalue weighted by atomic mass is 10.00. The minimum absolute atomic E-state index is 0.0673. The standard InChI is InChI=1S/C35H43F2N7O8S/c1-19-14-27(42-52-19)29(45)39-26-10-4-3-7-13-34(36,37)16-21-17-35(21,33(48)43-53(49,50)23-11-12-23)41-30(46)28-15-22(18-44(28)32(26)47)51-31-20(2)38-24-8-5-6-9-25(24)40-31/h5-6,8-9,14,21-23,26,28-29,39,45H,3-4,7,10-13,15-18H2,1-2H3,(H,41,46)(H,43,48)/t21-,22-,26+,28+,29?,35-/m1/s1. The molecule has 53 heavy (non-hydrogen) atoms. The number of aromatic nitrogens is 3. The normalized spacial score (nSPS) is 28.6. The number of nitrogens with zero attached hydrogens (tertiary/aromatic N) is 4. The number of aliphatic hydroxyl groups excluding tert-OH is 1. The van der Waals surface area contributed by atoms with Gasteiger partial charge in [0.1, 0.15) is 34.8 Å². The first-order chi connectivity index (χ1) is 25.1. The molecule has 2 aromatic heterocycles. The number of aryl methyl sites for hydroxylation is 2. The Morgan fingerprint density at radius 1 is 1.09 bits per heavy atom. The number of nitrogens with one attached hydrogen (secondary N) is 3. The average Bonchev–Trinajstić information content (AvgIpc) is 3.98. The van der Waals surface area contributed by atoms with Crippen LogP contribution in [0.5, 0.6) is 5.88 Å². The molecule has 2 aliphatic heterocycles. The van der Waals surface area contributed by atoms with E-state index in [9.17, 15) is 27.9 Å². The quantitative estimate of drug-likeness (QED) is 0.245. The first kappa shape index (κ1) is 37.0. The number of carbonyl (C=O) groups excluding carboxylic acids is 3. The minimum atomic E-state index is -4.07. The number of benzene rings is 1. The number of rotatable bonds is 8. The summed E-state index contributed by atoms with van der Waals surface area (Å²) in [6.07, 6.45) is -2.04. The Bertz CT molecular complexity index is 2010. The highest BCUT2D eigenvalue weighted by atomic mass is 32.2. The van der Waals surface area contributed by atoms with Crippen molar-refractivity contribution in [3.63, 3.8) is 0 Å². The Labute approximate surface area is 304 Å². The van der Waals surface area contributed by atoms with Gasteiger partial charge in [-0.3, -0.25) is 24.4 Å².